The van der Waals surface area contributed by atoms with Gasteiger partial charge in [0.2, 0.25) is 0 Å². The van der Waals surface area contributed by atoms with Gasteiger partial charge in [-0.05, 0) is 11.6 Å². The average Bonchev–Trinajstić information content (AvgIpc) is 2.87. The Morgan fingerprint density at radius 1 is 1.09 bits per heavy atom. The van der Waals surface area contributed by atoms with Gasteiger partial charge in [0.15, 0.2) is 0 Å². The quantitative estimate of drug-likeness (QED) is 0.795. The first kappa shape index (κ1) is 14.4. The Kier molecular flexibility index (Phi) is 3.94. The maximum absolute atomic E-state index is 12.4. The molecule has 0 atom stereocenters. The molecule has 0 aliphatic carbocycles. The molecule has 0 unspecified atom stereocenters. The number of para-hydroxylation sites is 1. The second kappa shape index (κ2) is 6.03. The minimum absolute atomic E-state index is 0.284. The second-order valence-electron chi connectivity index (χ2n) is 4.83. The first-order chi connectivity index (χ1) is 10.7. The highest BCUT2D eigenvalue weighted by molar-refractivity contribution is 6.34. The van der Waals surface area contributed by atoms with E-state index in [1.54, 1.807) is 7.05 Å². The lowest BCUT2D eigenvalue weighted by Gasteiger charge is -2.11. The topological polar surface area (TPSA) is 46.9 Å². The van der Waals surface area contributed by atoms with Gasteiger partial charge in [-0.2, -0.15) is 5.10 Å². The smallest absolute Gasteiger partial charge is 0.275 e. The Balaban J connectivity index is 1.95. The fraction of sp³-hybridized carbons (Fsp3) is 0.0588. The molecule has 1 N–H and O–H groups in total. The van der Waals surface area contributed by atoms with Crippen molar-refractivity contribution in [2.75, 3.05) is 5.32 Å². The van der Waals surface area contributed by atoms with Crippen LogP contribution in [0.25, 0.3) is 11.1 Å². The van der Waals surface area contributed by atoms with Gasteiger partial charge in [-0.25, -0.2) is 0 Å². The lowest BCUT2D eigenvalue weighted by Crippen LogP contribution is -2.17. The zero-order chi connectivity index (χ0) is 15.5. The van der Waals surface area contributed by atoms with Crippen LogP contribution < -0.4 is 5.32 Å². The third-order valence-corrected chi connectivity index (χ3v) is 3.65. The molecule has 0 aliphatic rings. The number of carbonyl (C=O) groups excluding carboxylic acids is 1. The number of nitrogens with zero attached hydrogens (tertiary/aromatic N) is 2. The highest BCUT2D eigenvalue weighted by atomic mass is 35.5. The summed E-state index contributed by atoms with van der Waals surface area (Å²) in [5, 5.41) is 7.22. The summed E-state index contributed by atoms with van der Waals surface area (Å²) in [7, 11) is 1.68. The van der Waals surface area contributed by atoms with Gasteiger partial charge in [0.05, 0.1) is 11.2 Å². The van der Waals surface area contributed by atoms with Crippen LogP contribution in [0.3, 0.4) is 0 Å². The van der Waals surface area contributed by atoms with Crippen molar-refractivity contribution in [2.24, 2.45) is 7.05 Å². The van der Waals surface area contributed by atoms with E-state index in [0.29, 0.717) is 10.7 Å². The molecule has 1 amide bonds. The Bertz CT molecular complexity index is 792. The molecule has 0 fully saturated rings. The molecular formula is C17H14ClN3O. The van der Waals surface area contributed by atoms with Crippen molar-refractivity contribution in [1.82, 2.24) is 9.78 Å². The van der Waals surface area contributed by atoms with Crippen LogP contribution in [0.15, 0.2) is 60.8 Å². The maximum Gasteiger partial charge on any atom is 0.275 e. The Labute approximate surface area is 133 Å². The second-order valence-corrected chi connectivity index (χ2v) is 5.24. The van der Waals surface area contributed by atoms with Gasteiger partial charge in [0.1, 0.15) is 5.69 Å². The number of aromatic nitrogens is 2. The number of aryl methyl sites for hydroxylation is 1. The summed E-state index contributed by atoms with van der Waals surface area (Å²) in [5.41, 5.74) is 3.06. The summed E-state index contributed by atoms with van der Waals surface area (Å²) >= 11 is 6.02. The van der Waals surface area contributed by atoms with E-state index in [4.69, 9.17) is 11.6 Å². The minimum Gasteiger partial charge on any atom is -0.320 e. The van der Waals surface area contributed by atoms with Crippen LogP contribution in [0.4, 0.5) is 5.69 Å². The maximum atomic E-state index is 12.4. The summed E-state index contributed by atoms with van der Waals surface area (Å²) < 4.78 is 1.46. The number of benzene rings is 2. The molecule has 3 rings (SSSR count). The SMILES string of the molecule is Cn1ncc(Cl)c1C(=O)Nc1ccccc1-c1ccccc1. The van der Waals surface area contributed by atoms with Crippen LogP contribution in [-0.2, 0) is 7.05 Å². The Morgan fingerprint density at radius 3 is 2.45 bits per heavy atom. The largest absolute Gasteiger partial charge is 0.320 e. The minimum atomic E-state index is -0.284. The molecule has 22 heavy (non-hydrogen) atoms. The first-order valence-corrected chi connectivity index (χ1v) is 7.18. The van der Waals surface area contributed by atoms with Gasteiger partial charge in [-0.15, -0.1) is 0 Å². The first-order valence-electron chi connectivity index (χ1n) is 6.80. The van der Waals surface area contributed by atoms with E-state index in [1.807, 2.05) is 54.6 Å². The number of nitrogens with one attached hydrogen (secondary N) is 1. The summed E-state index contributed by atoms with van der Waals surface area (Å²) in [5.74, 6) is -0.284. The fourth-order valence-corrected chi connectivity index (χ4v) is 2.56. The van der Waals surface area contributed by atoms with E-state index in [2.05, 4.69) is 10.4 Å². The fourth-order valence-electron chi connectivity index (χ4n) is 2.31. The highest BCUT2D eigenvalue weighted by Gasteiger charge is 2.17. The van der Waals surface area contributed by atoms with E-state index < -0.39 is 0 Å². The van der Waals surface area contributed by atoms with E-state index >= 15 is 0 Å². The van der Waals surface area contributed by atoms with Gasteiger partial charge in [-0.1, -0.05) is 60.1 Å². The molecule has 0 bridgehead atoms. The number of carbonyl (C=O) groups is 1. The third-order valence-electron chi connectivity index (χ3n) is 3.37. The van der Waals surface area contributed by atoms with Crippen molar-refractivity contribution in [2.45, 2.75) is 0 Å². The molecule has 3 aromatic rings. The van der Waals surface area contributed by atoms with Gasteiger partial charge in [0, 0.05) is 18.3 Å². The standard InChI is InChI=1S/C17H14ClN3O/c1-21-16(14(18)11-19-21)17(22)20-15-10-6-5-9-13(15)12-7-3-2-4-8-12/h2-11H,1H3,(H,20,22). The summed E-state index contributed by atoms with van der Waals surface area (Å²) in [6, 6.07) is 17.5. The van der Waals surface area contributed by atoms with E-state index in [0.717, 1.165) is 16.8 Å². The molecule has 4 nitrogen and oxygen atoms in total. The van der Waals surface area contributed by atoms with Gasteiger partial charge < -0.3 is 5.32 Å². The van der Waals surface area contributed by atoms with Crippen LogP contribution in [0, 0.1) is 0 Å². The van der Waals surface area contributed by atoms with Crippen molar-refractivity contribution < 1.29 is 4.79 Å². The van der Waals surface area contributed by atoms with Gasteiger partial charge in [-0.3, -0.25) is 9.48 Å². The molecular weight excluding hydrogens is 298 g/mol. The summed E-state index contributed by atoms with van der Waals surface area (Å²) in [6.45, 7) is 0. The Hall–Kier alpha value is -2.59. The molecule has 0 radical (unpaired) electrons. The van der Waals surface area contributed by atoms with Crippen LogP contribution in [0.2, 0.25) is 5.02 Å². The van der Waals surface area contributed by atoms with E-state index in [-0.39, 0.29) is 5.91 Å². The number of halogens is 1. The lowest BCUT2D eigenvalue weighted by molar-refractivity contribution is 0.101. The van der Waals surface area contributed by atoms with Crippen molar-refractivity contribution in [1.29, 1.82) is 0 Å². The number of hydrogen-bond acceptors (Lipinski definition) is 2. The molecule has 1 heterocycles. The normalized spacial score (nSPS) is 10.5. The molecule has 1 aromatic heterocycles. The number of anilines is 1. The van der Waals surface area contributed by atoms with Crippen LogP contribution >= 0.6 is 11.6 Å². The molecule has 0 saturated carbocycles. The zero-order valence-corrected chi connectivity index (χ0v) is 12.7. The van der Waals surface area contributed by atoms with E-state index in [1.165, 1.54) is 10.9 Å². The third kappa shape index (κ3) is 2.73. The monoisotopic (exact) mass is 311 g/mol. The van der Waals surface area contributed by atoms with E-state index in [9.17, 15) is 4.79 Å². The predicted octanol–water partition coefficient (Wildman–Crippen LogP) is 3.99. The molecule has 110 valence electrons. The highest BCUT2D eigenvalue weighted by Crippen LogP contribution is 2.28. The van der Waals surface area contributed by atoms with Crippen LogP contribution in [0.1, 0.15) is 10.5 Å². The Morgan fingerprint density at radius 2 is 1.77 bits per heavy atom. The van der Waals surface area contributed by atoms with Gasteiger partial charge >= 0.3 is 0 Å². The molecule has 0 spiro atoms. The van der Waals surface area contributed by atoms with Crippen molar-refractivity contribution in [3.63, 3.8) is 0 Å². The predicted molar refractivity (Wildman–Crippen MR) is 88.0 cm³/mol. The van der Waals surface area contributed by atoms with Crippen LogP contribution in [-0.4, -0.2) is 15.7 Å². The van der Waals surface area contributed by atoms with Crippen LogP contribution in [0.5, 0.6) is 0 Å². The number of rotatable bonds is 3. The summed E-state index contributed by atoms with van der Waals surface area (Å²) in [4.78, 5) is 12.4. The molecule has 2 aromatic carbocycles. The summed E-state index contributed by atoms with van der Waals surface area (Å²) in [6.07, 6.45) is 1.46. The van der Waals surface area contributed by atoms with Crippen molar-refractivity contribution in [3.05, 3.63) is 71.5 Å². The zero-order valence-electron chi connectivity index (χ0n) is 12.0. The lowest BCUT2D eigenvalue weighted by atomic mass is 10.0. The van der Waals surface area contributed by atoms with Crippen molar-refractivity contribution >= 4 is 23.2 Å². The van der Waals surface area contributed by atoms with Gasteiger partial charge in [0.25, 0.3) is 5.91 Å². The van der Waals surface area contributed by atoms with Crippen molar-refractivity contribution in [3.8, 4) is 11.1 Å². The average molecular weight is 312 g/mol. The number of hydrogen-bond donors (Lipinski definition) is 1. The number of amides is 1. The molecule has 5 heteroatoms. The molecule has 0 saturated heterocycles. The molecule has 0 aliphatic heterocycles.